The van der Waals surface area contributed by atoms with Crippen LogP contribution < -0.4 is 4.72 Å². The summed E-state index contributed by atoms with van der Waals surface area (Å²) < 4.78 is 25.8. The zero-order valence-electron chi connectivity index (χ0n) is 9.91. The largest absolute Gasteiger partial charge is 0.212 e. The summed E-state index contributed by atoms with van der Waals surface area (Å²) in [5.74, 6) is 0.673. The van der Waals surface area contributed by atoms with Gasteiger partial charge in [-0.05, 0) is 31.4 Å². The number of halogens is 1. The standard InChI is InChI=1S/C11H18ClNO2S2/c1-2-10-5-6-11(16-10)9-13-17(14,15)8-4-3-7-12/h5-6,13H,2-4,7-9H2,1H3. The van der Waals surface area contributed by atoms with Gasteiger partial charge in [0.25, 0.3) is 0 Å². The lowest BCUT2D eigenvalue weighted by Gasteiger charge is -2.04. The number of thiophene rings is 1. The van der Waals surface area contributed by atoms with Crippen molar-refractivity contribution in [3.63, 3.8) is 0 Å². The zero-order valence-corrected chi connectivity index (χ0v) is 12.3. The lowest BCUT2D eigenvalue weighted by atomic mass is 10.4. The highest BCUT2D eigenvalue weighted by Crippen LogP contribution is 2.16. The fourth-order valence-electron chi connectivity index (χ4n) is 1.35. The number of unbranched alkanes of at least 4 members (excludes halogenated alkanes) is 1. The minimum atomic E-state index is -3.15. The summed E-state index contributed by atoms with van der Waals surface area (Å²) in [5.41, 5.74) is 0. The molecule has 0 radical (unpaired) electrons. The first-order valence-corrected chi connectivity index (χ1v) is 8.68. The van der Waals surface area contributed by atoms with Crippen LogP contribution in [0.1, 0.15) is 29.5 Å². The lowest BCUT2D eigenvalue weighted by Crippen LogP contribution is -2.25. The fourth-order valence-corrected chi connectivity index (χ4v) is 3.63. The van der Waals surface area contributed by atoms with Gasteiger partial charge < -0.3 is 0 Å². The van der Waals surface area contributed by atoms with E-state index in [-0.39, 0.29) is 5.75 Å². The molecule has 0 spiro atoms. The highest BCUT2D eigenvalue weighted by molar-refractivity contribution is 7.89. The molecule has 0 atom stereocenters. The number of rotatable bonds is 8. The molecule has 0 aliphatic heterocycles. The van der Waals surface area contributed by atoms with Gasteiger partial charge in [0.05, 0.1) is 5.75 Å². The molecule has 1 aromatic rings. The third kappa shape index (κ3) is 5.86. The second-order valence-electron chi connectivity index (χ2n) is 3.76. The molecule has 17 heavy (non-hydrogen) atoms. The Morgan fingerprint density at radius 2 is 2.00 bits per heavy atom. The van der Waals surface area contributed by atoms with Crippen molar-refractivity contribution in [1.82, 2.24) is 4.72 Å². The maximum atomic E-state index is 11.6. The van der Waals surface area contributed by atoms with Gasteiger partial charge >= 0.3 is 0 Å². The Morgan fingerprint density at radius 1 is 1.29 bits per heavy atom. The van der Waals surface area contributed by atoms with Crippen LogP contribution in [0.4, 0.5) is 0 Å². The summed E-state index contributed by atoms with van der Waals surface area (Å²) in [4.78, 5) is 2.34. The molecule has 98 valence electrons. The first kappa shape index (κ1) is 15.0. The Morgan fingerprint density at radius 3 is 2.59 bits per heavy atom. The van der Waals surface area contributed by atoms with Crippen LogP contribution in [0.25, 0.3) is 0 Å². The molecule has 0 amide bonds. The molecule has 3 nitrogen and oxygen atoms in total. The van der Waals surface area contributed by atoms with Gasteiger partial charge in [-0.2, -0.15) is 0 Å². The Bertz CT molecular complexity index is 428. The highest BCUT2D eigenvalue weighted by atomic mass is 35.5. The van der Waals surface area contributed by atoms with E-state index < -0.39 is 10.0 Å². The molecule has 0 saturated carbocycles. The van der Waals surface area contributed by atoms with E-state index in [1.807, 2.05) is 12.1 Å². The number of hydrogen-bond donors (Lipinski definition) is 1. The minimum absolute atomic E-state index is 0.158. The van der Waals surface area contributed by atoms with Gasteiger partial charge in [0.1, 0.15) is 0 Å². The highest BCUT2D eigenvalue weighted by Gasteiger charge is 2.09. The smallest absolute Gasteiger partial charge is 0.211 e. The van der Waals surface area contributed by atoms with E-state index >= 15 is 0 Å². The molecular weight excluding hydrogens is 278 g/mol. The Hall–Kier alpha value is -0.100. The predicted molar refractivity (Wildman–Crippen MR) is 74.3 cm³/mol. The predicted octanol–water partition coefficient (Wildman–Crippen LogP) is 2.75. The van der Waals surface area contributed by atoms with Crippen LogP contribution in [-0.4, -0.2) is 20.1 Å². The van der Waals surface area contributed by atoms with Gasteiger partial charge in [0.15, 0.2) is 0 Å². The monoisotopic (exact) mass is 295 g/mol. The SMILES string of the molecule is CCc1ccc(CNS(=O)(=O)CCCCCl)s1. The Balaban J connectivity index is 2.38. The molecule has 6 heteroatoms. The second kappa shape index (κ2) is 7.36. The third-order valence-electron chi connectivity index (χ3n) is 2.33. The van der Waals surface area contributed by atoms with E-state index in [2.05, 4.69) is 11.6 Å². The van der Waals surface area contributed by atoms with Crippen molar-refractivity contribution in [2.45, 2.75) is 32.7 Å². The van der Waals surface area contributed by atoms with E-state index in [1.54, 1.807) is 11.3 Å². The summed E-state index contributed by atoms with van der Waals surface area (Å²) in [7, 11) is -3.15. The van der Waals surface area contributed by atoms with Crippen LogP contribution in [0.3, 0.4) is 0 Å². The van der Waals surface area contributed by atoms with Crippen molar-refractivity contribution < 1.29 is 8.42 Å². The van der Waals surface area contributed by atoms with Crippen LogP contribution in [0.15, 0.2) is 12.1 Å². The topological polar surface area (TPSA) is 46.2 Å². The van der Waals surface area contributed by atoms with E-state index in [1.165, 1.54) is 4.88 Å². The van der Waals surface area contributed by atoms with E-state index in [4.69, 9.17) is 11.6 Å². The van der Waals surface area contributed by atoms with Crippen LogP contribution in [0, 0.1) is 0 Å². The van der Waals surface area contributed by atoms with Gasteiger partial charge in [-0.3, -0.25) is 0 Å². The molecule has 0 fully saturated rings. The molecule has 1 heterocycles. The van der Waals surface area contributed by atoms with Gasteiger partial charge in [0.2, 0.25) is 10.0 Å². The quantitative estimate of drug-likeness (QED) is 0.592. The zero-order chi connectivity index (χ0) is 12.7. The Labute approximate surface area is 112 Å². The van der Waals surface area contributed by atoms with E-state index in [0.717, 1.165) is 17.7 Å². The summed E-state index contributed by atoms with van der Waals surface area (Å²) in [6.07, 6.45) is 2.35. The minimum Gasteiger partial charge on any atom is -0.212 e. The van der Waals surface area contributed by atoms with Crippen molar-refractivity contribution in [3.05, 3.63) is 21.9 Å². The van der Waals surface area contributed by atoms with Crippen molar-refractivity contribution >= 4 is 33.0 Å². The maximum Gasteiger partial charge on any atom is 0.211 e. The number of hydrogen-bond acceptors (Lipinski definition) is 3. The summed E-state index contributed by atoms with van der Waals surface area (Å²) in [6, 6.07) is 4.02. The van der Waals surface area contributed by atoms with Crippen molar-refractivity contribution in [3.8, 4) is 0 Å². The average molecular weight is 296 g/mol. The van der Waals surface area contributed by atoms with Gasteiger partial charge in [-0.25, -0.2) is 13.1 Å². The number of alkyl halides is 1. The van der Waals surface area contributed by atoms with Gasteiger partial charge in [-0.1, -0.05) is 6.92 Å². The maximum absolute atomic E-state index is 11.6. The molecular formula is C11H18ClNO2S2. The first-order valence-electron chi connectivity index (χ1n) is 5.68. The van der Waals surface area contributed by atoms with Crippen LogP contribution >= 0.6 is 22.9 Å². The normalized spacial score (nSPS) is 11.9. The molecule has 0 aliphatic carbocycles. The van der Waals surface area contributed by atoms with Gasteiger partial charge in [-0.15, -0.1) is 22.9 Å². The van der Waals surface area contributed by atoms with E-state index in [9.17, 15) is 8.42 Å². The molecule has 0 saturated heterocycles. The molecule has 0 bridgehead atoms. The van der Waals surface area contributed by atoms with Crippen LogP contribution in [0.5, 0.6) is 0 Å². The van der Waals surface area contributed by atoms with E-state index in [0.29, 0.717) is 18.8 Å². The third-order valence-corrected chi connectivity index (χ3v) is 5.24. The number of aryl methyl sites for hydroxylation is 1. The summed E-state index contributed by atoms with van der Waals surface area (Å²) >= 11 is 7.16. The molecule has 0 aromatic carbocycles. The van der Waals surface area contributed by atoms with Crippen LogP contribution in [-0.2, 0) is 23.0 Å². The van der Waals surface area contributed by atoms with Gasteiger partial charge in [0, 0.05) is 22.2 Å². The fraction of sp³-hybridized carbons (Fsp3) is 0.636. The van der Waals surface area contributed by atoms with Crippen molar-refractivity contribution in [2.24, 2.45) is 0 Å². The second-order valence-corrected chi connectivity index (χ2v) is 7.31. The first-order chi connectivity index (χ1) is 8.07. The van der Waals surface area contributed by atoms with Crippen molar-refractivity contribution in [1.29, 1.82) is 0 Å². The molecule has 1 N–H and O–H groups in total. The molecule has 1 rings (SSSR count). The number of sulfonamides is 1. The molecule has 0 unspecified atom stereocenters. The summed E-state index contributed by atoms with van der Waals surface area (Å²) in [6.45, 7) is 2.49. The summed E-state index contributed by atoms with van der Waals surface area (Å²) in [5, 5.41) is 0. The molecule has 1 aromatic heterocycles. The van der Waals surface area contributed by atoms with Crippen molar-refractivity contribution in [2.75, 3.05) is 11.6 Å². The number of nitrogens with one attached hydrogen (secondary N) is 1. The lowest BCUT2D eigenvalue weighted by molar-refractivity contribution is 0.578. The molecule has 0 aliphatic rings. The average Bonchev–Trinajstić information content (AvgIpc) is 2.75. The van der Waals surface area contributed by atoms with Crippen LogP contribution in [0.2, 0.25) is 0 Å². The Kier molecular flexibility index (Phi) is 6.48.